The van der Waals surface area contributed by atoms with E-state index in [0.29, 0.717) is 17.1 Å². The van der Waals surface area contributed by atoms with Crippen molar-refractivity contribution in [1.82, 2.24) is 4.98 Å². The molecule has 0 saturated heterocycles. The average molecular weight is 445 g/mol. The molecule has 1 aliphatic rings. The van der Waals surface area contributed by atoms with Crippen LogP contribution in [-0.2, 0) is 4.79 Å². The van der Waals surface area contributed by atoms with Gasteiger partial charge in [-0.2, -0.15) is 0 Å². The van der Waals surface area contributed by atoms with Crippen molar-refractivity contribution in [3.8, 4) is 5.75 Å². The van der Waals surface area contributed by atoms with Crippen LogP contribution in [0.15, 0.2) is 76.1 Å². The number of benzene rings is 2. The number of carbonyl (C=O) groups excluding carboxylic acids is 2. The van der Waals surface area contributed by atoms with Gasteiger partial charge < -0.3 is 14.9 Å². The SMILES string of the molecule is NC(=O)COc1ccc(C2c3c(oc4ccc(F)cc4c3=O)C(=O)N2c2ccccn2)cc1. The fourth-order valence-corrected chi connectivity index (χ4v) is 3.89. The quantitative estimate of drug-likeness (QED) is 0.505. The largest absolute Gasteiger partial charge is 0.484 e. The standard InChI is InChI=1S/C24H16FN3O5/c25-14-6-9-17-16(11-14)22(30)20-21(13-4-7-15(8-5-13)32-12-18(26)29)28(24(31)23(20)33-17)19-3-1-2-10-27-19/h1-11,21H,12H2,(H2,26,29). The highest BCUT2D eigenvalue weighted by Gasteiger charge is 2.44. The van der Waals surface area contributed by atoms with E-state index in [0.717, 1.165) is 12.1 Å². The highest BCUT2D eigenvalue weighted by atomic mass is 19.1. The molecule has 164 valence electrons. The summed E-state index contributed by atoms with van der Waals surface area (Å²) in [7, 11) is 0. The van der Waals surface area contributed by atoms with E-state index >= 15 is 0 Å². The predicted octanol–water partition coefficient (Wildman–Crippen LogP) is 2.94. The molecule has 1 aliphatic heterocycles. The monoisotopic (exact) mass is 445 g/mol. The second-order valence-corrected chi connectivity index (χ2v) is 7.40. The molecule has 0 radical (unpaired) electrons. The number of anilines is 1. The van der Waals surface area contributed by atoms with Gasteiger partial charge in [0.15, 0.2) is 12.0 Å². The lowest BCUT2D eigenvalue weighted by atomic mass is 9.98. The third kappa shape index (κ3) is 3.49. The molecule has 8 nitrogen and oxygen atoms in total. The van der Waals surface area contributed by atoms with Crippen LogP contribution in [0.2, 0.25) is 0 Å². The second kappa shape index (κ2) is 7.86. The Balaban J connectivity index is 1.69. The van der Waals surface area contributed by atoms with E-state index in [1.54, 1.807) is 42.5 Å². The fraction of sp³-hybridized carbons (Fsp3) is 0.0833. The first-order valence-corrected chi connectivity index (χ1v) is 9.96. The van der Waals surface area contributed by atoms with Crippen molar-refractivity contribution >= 4 is 28.6 Å². The van der Waals surface area contributed by atoms with Gasteiger partial charge in [-0.05, 0) is 48.0 Å². The maximum atomic E-state index is 13.9. The molecule has 0 fully saturated rings. The summed E-state index contributed by atoms with van der Waals surface area (Å²) in [4.78, 5) is 43.4. The van der Waals surface area contributed by atoms with Crippen LogP contribution in [0.25, 0.3) is 11.0 Å². The van der Waals surface area contributed by atoms with Gasteiger partial charge in [-0.15, -0.1) is 0 Å². The molecule has 0 saturated carbocycles. The van der Waals surface area contributed by atoms with E-state index < -0.39 is 29.1 Å². The lowest BCUT2D eigenvalue weighted by molar-refractivity contribution is -0.119. The first-order valence-electron chi connectivity index (χ1n) is 9.96. The van der Waals surface area contributed by atoms with E-state index in [9.17, 15) is 18.8 Å². The first-order chi connectivity index (χ1) is 15.9. The van der Waals surface area contributed by atoms with Gasteiger partial charge in [-0.3, -0.25) is 19.3 Å². The van der Waals surface area contributed by atoms with Crippen molar-refractivity contribution in [2.75, 3.05) is 11.5 Å². The van der Waals surface area contributed by atoms with Crippen LogP contribution in [0.1, 0.15) is 27.7 Å². The van der Waals surface area contributed by atoms with Gasteiger partial charge in [0, 0.05) is 6.20 Å². The number of hydrogen-bond acceptors (Lipinski definition) is 6. The molecule has 2 N–H and O–H groups in total. The maximum absolute atomic E-state index is 13.9. The Labute approximate surface area is 186 Å². The van der Waals surface area contributed by atoms with Crippen molar-refractivity contribution in [2.24, 2.45) is 5.73 Å². The van der Waals surface area contributed by atoms with E-state index in [1.165, 1.54) is 17.2 Å². The molecule has 2 aromatic heterocycles. The Kier molecular flexibility index (Phi) is 4.86. The smallest absolute Gasteiger partial charge is 0.296 e. The van der Waals surface area contributed by atoms with Crippen molar-refractivity contribution in [3.05, 3.63) is 99.8 Å². The van der Waals surface area contributed by atoms with Crippen molar-refractivity contribution in [3.63, 3.8) is 0 Å². The van der Waals surface area contributed by atoms with Gasteiger partial charge in [-0.25, -0.2) is 9.37 Å². The summed E-state index contributed by atoms with van der Waals surface area (Å²) in [6, 6.07) is 14.3. The highest BCUT2D eigenvalue weighted by molar-refractivity contribution is 6.10. The molecule has 3 heterocycles. The summed E-state index contributed by atoms with van der Waals surface area (Å²) < 4.78 is 24.9. The molecule has 4 aromatic rings. The van der Waals surface area contributed by atoms with E-state index in [-0.39, 0.29) is 28.9 Å². The zero-order valence-electron chi connectivity index (χ0n) is 17.0. The molecule has 2 aromatic carbocycles. The van der Waals surface area contributed by atoms with E-state index in [4.69, 9.17) is 14.9 Å². The van der Waals surface area contributed by atoms with Gasteiger partial charge in [-0.1, -0.05) is 18.2 Å². The number of halogens is 1. The van der Waals surface area contributed by atoms with Crippen LogP contribution in [0.3, 0.4) is 0 Å². The average Bonchev–Trinajstić information content (AvgIpc) is 3.11. The zero-order chi connectivity index (χ0) is 23.1. The lowest BCUT2D eigenvalue weighted by Gasteiger charge is -2.24. The molecule has 0 bridgehead atoms. The summed E-state index contributed by atoms with van der Waals surface area (Å²) in [5.74, 6) is -1.16. The number of fused-ring (bicyclic) bond motifs is 2. The van der Waals surface area contributed by atoms with Crippen LogP contribution in [0.4, 0.5) is 10.2 Å². The summed E-state index contributed by atoms with van der Waals surface area (Å²) >= 11 is 0. The molecule has 33 heavy (non-hydrogen) atoms. The predicted molar refractivity (Wildman–Crippen MR) is 116 cm³/mol. The highest BCUT2D eigenvalue weighted by Crippen LogP contribution is 2.40. The Morgan fingerprint density at radius 2 is 1.91 bits per heavy atom. The van der Waals surface area contributed by atoms with Gasteiger partial charge in [0.1, 0.15) is 23.0 Å². The number of ether oxygens (including phenoxy) is 1. The molecular weight excluding hydrogens is 429 g/mol. The van der Waals surface area contributed by atoms with Gasteiger partial charge in [0.05, 0.1) is 17.0 Å². The second-order valence-electron chi connectivity index (χ2n) is 7.40. The minimum atomic E-state index is -0.864. The van der Waals surface area contributed by atoms with Gasteiger partial charge in [0.25, 0.3) is 11.8 Å². The van der Waals surface area contributed by atoms with E-state index in [2.05, 4.69) is 4.98 Å². The number of rotatable bonds is 5. The topological polar surface area (TPSA) is 116 Å². The lowest BCUT2D eigenvalue weighted by Crippen LogP contribution is -2.30. The normalized spacial score (nSPS) is 15.0. The van der Waals surface area contributed by atoms with Crippen LogP contribution >= 0.6 is 0 Å². The van der Waals surface area contributed by atoms with Crippen LogP contribution in [-0.4, -0.2) is 23.4 Å². The molecule has 0 spiro atoms. The maximum Gasteiger partial charge on any atom is 0.296 e. The van der Waals surface area contributed by atoms with Gasteiger partial charge >= 0.3 is 0 Å². The molecular formula is C24H16FN3O5. The summed E-state index contributed by atoms with van der Waals surface area (Å²) in [6.07, 6.45) is 1.53. The Morgan fingerprint density at radius 1 is 1.12 bits per heavy atom. The number of amides is 2. The minimum absolute atomic E-state index is 0.0378. The van der Waals surface area contributed by atoms with Crippen LogP contribution < -0.4 is 20.8 Å². The summed E-state index contributed by atoms with van der Waals surface area (Å²) in [5.41, 5.74) is 5.38. The number of aromatic nitrogens is 1. The summed E-state index contributed by atoms with van der Waals surface area (Å²) in [6.45, 7) is -0.286. The summed E-state index contributed by atoms with van der Waals surface area (Å²) in [5, 5.41) is 0.0378. The molecule has 5 rings (SSSR count). The Bertz CT molecular complexity index is 1450. The number of pyridine rings is 1. The fourth-order valence-electron chi connectivity index (χ4n) is 3.89. The number of nitrogens with zero attached hydrogens (tertiary/aromatic N) is 2. The number of primary amides is 1. The van der Waals surface area contributed by atoms with E-state index in [1.807, 2.05) is 0 Å². The van der Waals surface area contributed by atoms with Crippen molar-refractivity contribution in [1.29, 1.82) is 0 Å². The van der Waals surface area contributed by atoms with Crippen LogP contribution in [0.5, 0.6) is 5.75 Å². The third-order valence-electron chi connectivity index (χ3n) is 5.31. The molecule has 1 unspecified atom stereocenters. The number of nitrogens with two attached hydrogens (primary N) is 1. The zero-order valence-corrected chi connectivity index (χ0v) is 17.0. The van der Waals surface area contributed by atoms with Gasteiger partial charge in [0.2, 0.25) is 5.76 Å². The third-order valence-corrected chi connectivity index (χ3v) is 5.31. The van der Waals surface area contributed by atoms with Crippen molar-refractivity contribution in [2.45, 2.75) is 6.04 Å². The molecule has 1 atom stereocenters. The molecule has 2 amide bonds. The first kappa shape index (κ1) is 20.4. The Morgan fingerprint density at radius 3 is 2.61 bits per heavy atom. The molecule has 0 aliphatic carbocycles. The number of carbonyl (C=O) groups is 2. The number of hydrogen-bond donors (Lipinski definition) is 1. The Hall–Kier alpha value is -4.53. The van der Waals surface area contributed by atoms with Crippen molar-refractivity contribution < 1.29 is 23.1 Å². The minimum Gasteiger partial charge on any atom is -0.484 e. The van der Waals surface area contributed by atoms with Crippen LogP contribution in [0, 0.1) is 5.82 Å². The molecule has 9 heteroatoms.